The largest absolute Gasteiger partial charge is 0.451 e. The lowest BCUT2D eigenvalue weighted by atomic mass is 10.0. The molecule has 0 aliphatic heterocycles. The van der Waals surface area contributed by atoms with Crippen molar-refractivity contribution in [3.63, 3.8) is 0 Å². The predicted molar refractivity (Wildman–Crippen MR) is 127 cm³/mol. The van der Waals surface area contributed by atoms with Crippen molar-refractivity contribution in [3.8, 4) is 0 Å². The van der Waals surface area contributed by atoms with Crippen molar-refractivity contribution < 1.29 is 14.3 Å². The van der Waals surface area contributed by atoms with Crippen LogP contribution in [0.5, 0.6) is 0 Å². The Morgan fingerprint density at radius 2 is 1.48 bits per heavy atom. The van der Waals surface area contributed by atoms with E-state index in [9.17, 15) is 9.59 Å². The second-order valence-electron chi connectivity index (χ2n) is 6.95. The molecule has 0 fully saturated rings. The fourth-order valence-electron chi connectivity index (χ4n) is 3.11. The van der Waals surface area contributed by atoms with E-state index in [2.05, 4.69) is 5.32 Å². The van der Waals surface area contributed by atoms with E-state index in [1.54, 1.807) is 48.2 Å². The minimum atomic E-state index is -0.751. The van der Waals surface area contributed by atoms with E-state index in [-0.39, 0.29) is 5.91 Å². The maximum absolute atomic E-state index is 13.2. The molecule has 6 heteroatoms. The molecule has 0 spiro atoms. The van der Waals surface area contributed by atoms with E-state index in [0.29, 0.717) is 22.8 Å². The van der Waals surface area contributed by atoms with Crippen molar-refractivity contribution >= 4 is 35.2 Å². The van der Waals surface area contributed by atoms with Crippen LogP contribution < -0.4 is 5.32 Å². The Labute approximate surface area is 192 Å². The number of esters is 1. The first kappa shape index (κ1) is 22.9. The number of hydrogen-bond donors (Lipinski definition) is 1. The van der Waals surface area contributed by atoms with Gasteiger partial charge in [-0.3, -0.25) is 4.79 Å². The molecule has 3 rings (SSSR count). The number of amides is 1. The van der Waals surface area contributed by atoms with E-state index >= 15 is 0 Å². The van der Waals surface area contributed by atoms with Gasteiger partial charge in [0.1, 0.15) is 6.04 Å². The smallest absolute Gasteiger partial charge is 0.329 e. The third-order valence-electron chi connectivity index (χ3n) is 4.75. The van der Waals surface area contributed by atoms with Gasteiger partial charge in [-0.15, -0.1) is 0 Å². The molecule has 3 aromatic carbocycles. The number of carbonyl (C=O) groups excluding carboxylic acids is 2. The maximum atomic E-state index is 13.2. The van der Waals surface area contributed by atoms with Crippen LogP contribution in [0.25, 0.3) is 0 Å². The molecule has 2 atom stereocenters. The first-order valence-corrected chi connectivity index (χ1v) is 11.7. The van der Waals surface area contributed by atoms with Crippen molar-refractivity contribution in [2.45, 2.75) is 18.6 Å². The molecule has 0 unspecified atom stereocenters. The van der Waals surface area contributed by atoms with Crippen LogP contribution in [0.2, 0.25) is 5.02 Å². The monoisotopic (exact) mass is 453 g/mol. The van der Waals surface area contributed by atoms with E-state index in [1.165, 1.54) is 0 Å². The fraction of sp³-hybridized carbons (Fsp3) is 0.200. The Morgan fingerprint density at radius 3 is 2.10 bits per heavy atom. The van der Waals surface area contributed by atoms with Gasteiger partial charge in [0.2, 0.25) is 0 Å². The number of hydrogen-bond acceptors (Lipinski definition) is 4. The molecule has 0 heterocycles. The quantitative estimate of drug-likeness (QED) is 0.433. The SMILES string of the molecule is CSCC[C@@H](NC(=O)c1ccccc1)C(=O)O[C@H](c1ccccc1)c1ccc(Cl)cc1. The lowest BCUT2D eigenvalue weighted by Crippen LogP contribution is -2.42. The van der Waals surface area contributed by atoms with Gasteiger partial charge in [-0.05, 0) is 53.8 Å². The van der Waals surface area contributed by atoms with Crippen LogP contribution >= 0.6 is 23.4 Å². The Balaban J connectivity index is 1.82. The average molecular weight is 454 g/mol. The van der Waals surface area contributed by atoms with Gasteiger partial charge >= 0.3 is 5.97 Å². The Bertz CT molecular complexity index is 981. The molecule has 0 bridgehead atoms. The van der Waals surface area contributed by atoms with Crippen molar-refractivity contribution in [1.82, 2.24) is 5.32 Å². The van der Waals surface area contributed by atoms with Crippen LogP contribution in [0.4, 0.5) is 0 Å². The summed E-state index contributed by atoms with van der Waals surface area (Å²) in [5, 5.41) is 3.44. The molecule has 0 aliphatic carbocycles. The summed E-state index contributed by atoms with van der Waals surface area (Å²) >= 11 is 7.64. The summed E-state index contributed by atoms with van der Waals surface area (Å²) in [5.41, 5.74) is 2.15. The van der Waals surface area contributed by atoms with Crippen molar-refractivity contribution in [2.24, 2.45) is 0 Å². The third-order valence-corrected chi connectivity index (χ3v) is 5.64. The minimum Gasteiger partial charge on any atom is -0.451 e. The zero-order valence-electron chi connectivity index (χ0n) is 17.2. The number of benzene rings is 3. The topological polar surface area (TPSA) is 55.4 Å². The Hall–Kier alpha value is -2.76. The highest BCUT2D eigenvalue weighted by Crippen LogP contribution is 2.28. The molecule has 0 radical (unpaired) electrons. The van der Waals surface area contributed by atoms with Gasteiger partial charge in [0.05, 0.1) is 0 Å². The predicted octanol–water partition coefficient (Wildman–Crippen LogP) is 5.52. The number of ether oxygens (including phenoxy) is 1. The summed E-state index contributed by atoms with van der Waals surface area (Å²) in [6.07, 6.45) is 1.83. The molecule has 31 heavy (non-hydrogen) atoms. The average Bonchev–Trinajstić information content (AvgIpc) is 2.81. The molecule has 0 aliphatic rings. The molecule has 0 saturated heterocycles. The summed E-state index contributed by atoms with van der Waals surface area (Å²) < 4.78 is 5.95. The lowest BCUT2D eigenvalue weighted by Gasteiger charge is -2.23. The van der Waals surface area contributed by atoms with Gasteiger partial charge in [-0.2, -0.15) is 11.8 Å². The maximum Gasteiger partial charge on any atom is 0.329 e. The van der Waals surface area contributed by atoms with Gasteiger partial charge in [-0.25, -0.2) is 4.79 Å². The fourth-order valence-corrected chi connectivity index (χ4v) is 3.71. The molecule has 1 N–H and O–H groups in total. The summed E-state index contributed by atoms with van der Waals surface area (Å²) in [7, 11) is 0. The summed E-state index contributed by atoms with van der Waals surface area (Å²) in [6.45, 7) is 0. The molecular weight excluding hydrogens is 430 g/mol. The molecular formula is C25H24ClNO3S. The van der Waals surface area contributed by atoms with Crippen LogP contribution in [0.15, 0.2) is 84.9 Å². The summed E-state index contributed by atoms with van der Waals surface area (Å²) in [4.78, 5) is 25.8. The first-order chi connectivity index (χ1) is 15.1. The zero-order chi connectivity index (χ0) is 22.1. The number of carbonyl (C=O) groups is 2. The van der Waals surface area contributed by atoms with E-state index in [0.717, 1.165) is 11.1 Å². The second kappa shape index (κ2) is 11.6. The number of rotatable bonds is 9. The third kappa shape index (κ3) is 6.61. The molecule has 160 valence electrons. The Morgan fingerprint density at radius 1 is 0.903 bits per heavy atom. The normalized spacial score (nSPS) is 12.6. The highest BCUT2D eigenvalue weighted by molar-refractivity contribution is 7.98. The van der Waals surface area contributed by atoms with E-state index < -0.39 is 18.1 Å². The summed E-state index contributed by atoms with van der Waals surface area (Å²) in [5.74, 6) is -0.0558. The van der Waals surface area contributed by atoms with Crippen molar-refractivity contribution in [3.05, 3.63) is 107 Å². The van der Waals surface area contributed by atoms with E-state index in [4.69, 9.17) is 16.3 Å². The highest BCUT2D eigenvalue weighted by atomic mass is 35.5. The van der Waals surface area contributed by atoms with Crippen molar-refractivity contribution in [1.29, 1.82) is 0 Å². The minimum absolute atomic E-state index is 0.300. The molecule has 0 saturated carbocycles. The number of nitrogens with one attached hydrogen (secondary N) is 1. The van der Waals surface area contributed by atoms with Gasteiger partial charge in [0.15, 0.2) is 6.10 Å². The summed E-state index contributed by atoms with van der Waals surface area (Å²) in [6, 6.07) is 24.8. The number of thioether (sulfide) groups is 1. The van der Waals surface area contributed by atoms with Gasteiger partial charge < -0.3 is 10.1 Å². The van der Waals surface area contributed by atoms with Gasteiger partial charge in [0, 0.05) is 10.6 Å². The van der Waals surface area contributed by atoms with Crippen molar-refractivity contribution in [2.75, 3.05) is 12.0 Å². The van der Waals surface area contributed by atoms with Gasteiger partial charge in [-0.1, -0.05) is 72.3 Å². The van der Waals surface area contributed by atoms with Crippen LogP contribution in [-0.4, -0.2) is 29.9 Å². The van der Waals surface area contributed by atoms with Crippen LogP contribution in [0, 0.1) is 0 Å². The molecule has 3 aromatic rings. The lowest BCUT2D eigenvalue weighted by molar-refractivity contribution is -0.150. The first-order valence-electron chi connectivity index (χ1n) is 9.94. The van der Waals surface area contributed by atoms with E-state index in [1.807, 2.05) is 54.8 Å². The second-order valence-corrected chi connectivity index (χ2v) is 8.37. The van der Waals surface area contributed by atoms with Crippen LogP contribution in [-0.2, 0) is 9.53 Å². The number of halogens is 1. The highest BCUT2D eigenvalue weighted by Gasteiger charge is 2.27. The molecule has 1 amide bonds. The Kier molecular flexibility index (Phi) is 8.56. The van der Waals surface area contributed by atoms with Gasteiger partial charge in [0.25, 0.3) is 5.91 Å². The van der Waals surface area contributed by atoms with Crippen LogP contribution in [0.3, 0.4) is 0 Å². The van der Waals surface area contributed by atoms with Crippen LogP contribution in [0.1, 0.15) is 34.0 Å². The standard InChI is InChI=1S/C25H24ClNO3S/c1-31-17-16-22(27-24(28)20-10-6-3-7-11-20)25(29)30-23(18-8-4-2-5-9-18)19-12-14-21(26)15-13-19/h2-15,22-23H,16-17H2,1H3,(H,27,28)/t22-,23-/m1/s1. The molecule has 4 nitrogen and oxygen atoms in total. The zero-order valence-corrected chi connectivity index (χ0v) is 18.7. The molecule has 0 aromatic heterocycles.